The summed E-state index contributed by atoms with van der Waals surface area (Å²) in [6.07, 6.45) is 13.1. The van der Waals surface area contributed by atoms with E-state index in [1.54, 1.807) is 0 Å². The third-order valence-electron chi connectivity index (χ3n) is 15.8. The van der Waals surface area contributed by atoms with Crippen LogP contribution < -0.4 is 9.64 Å². The molecule has 328 valence electrons. The molecule has 3 aliphatic carbocycles. The zero-order valence-electron chi connectivity index (χ0n) is 38.5. The first-order chi connectivity index (χ1) is 33.6. The van der Waals surface area contributed by atoms with Gasteiger partial charge in [-0.15, -0.1) is 0 Å². The van der Waals surface area contributed by atoms with Crippen LogP contribution in [0.3, 0.4) is 0 Å². The van der Waals surface area contributed by atoms with E-state index in [4.69, 9.17) is 4.74 Å². The highest BCUT2D eigenvalue weighted by Crippen LogP contribution is 2.56. The van der Waals surface area contributed by atoms with Gasteiger partial charge in [0.25, 0.3) is 0 Å². The van der Waals surface area contributed by atoms with E-state index in [-0.39, 0.29) is 17.4 Å². The zero-order chi connectivity index (χ0) is 45.2. The maximum Gasteiger partial charge on any atom is 0.128 e. The lowest BCUT2D eigenvalue weighted by Crippen LogP contribution is -2.22. The molecule has 0 spiro atoms. The number of para-hydroxylation sites is 2. The Balaban J connectivity index is 0.951. The lowest BCUT2D eigenvalue weighted by Gasteiger charge is -2.30. The van der Waals surface area contributed by atoms with Gasteiger partial charge in [0.15, 0.2) is 0 Å². The Morgan fingerprint density at radius 2 is 1.12 bits per heavy atom. The quantitative estimate of drug-likeness (QED) is 0.151. The molecular formula is C66H53NO. The van der Waals surface area contributed by atoms with Gasteiger partial charge in [0, 0.05) is 27.9 Å². The second kappa shape index (κ2) is 16.6. The summed E-state index contributed by atoms with van der Waals surface area (Å²) in [5, 5.41) is 2.71. The highest BCUT2D eigenvalue weighted by molar-refractivity contribution is 6.03. The zero-order valence-corrected chi connectivity index (χ0v) is 38.5. The predicted molar refractivity (Wildman–Crippen MR) is 283 cm³/mol. The molecule has 0 aromatic heterocycles. The number of nitrogens with zero attached hydrogens (tertiary/aromatic N) is 1. The standard InChI is InChI=1S/C66H53NO/c1-66(48-22-6-3-7-23-48)58-31-11-8-25-56(58)64-52(28-16-32-59(64)66)45-36-40-49(41-37-45)67(50-42-38-46(39-43-50)53-29-17-35-62-65(53)57-26-10-13-34-61(57)68-62)60-33-12-9-24-54(60)55-30-15-21-47-20-14-27-51(63(47)55)44-18-4-2-5-19-44/h3,6-17,20-44,62,65H,2,4-5,18-19H2,1H3. The highest BCUT2D eigenvalue weighted by Gasteiger charge is 2.42. The number of hydrogen-bond donors (Lipinski definition) is 0. The van der Waals surface area contributed by atoms with Crippen LogP contribution >= 0.6 is 0 Å². The van der Waals surface area contributed by atoms with Crippen molar-refractivity contribution < 1.29 is 4.74 Å². The van der Waals surface area contributed by atoms with E-state index in [0.29, 0.717) is 5.92 Å². The molecule has 9 aromatic carbocycles. The summed E-state index contributed by atoms with van der Waals surface area (Å²) in [4.78, 5) is 2.48. The minimum absolute atomic E-state index is 0.000397. The van der Waals surface area contributed by atoms with Gasteiger partial charge >= 0.3 is 0 Å². The maximum absolute atomic E-state index is 6.45. The van der Waals surface area contributed by atoms with Crippen molar-refractivity contribution in [1.82, 2.24) is 0 Å². The van der Waals surface area contributed by atoms with Crippen LogP contribution in [0.5, 0.6) is 5.75 Å². The van der Waals surface area contributed by atoms with E-state index in [1.165, 1.54) is 115 Å². The van der Waals surface area contributed by atoms with Crippen molar-refractivity contribution in [3.8, 4) is 39.1 Å². The molecule has 0 bridgehead atoms. The maximum atomic E-state index is 6.45. The van der Waals surface area contributed by atoms with Crippen LogP contribution in [0.2, 0.25) is 0 Å². The number of fused-ring (bicyclic) bond motifs is 7. The second-order valence-electron chi connectivity index (χ2n) is 19.4. The monoisotopic (exact) mass is 875 g/mol. The van der Waals surface area contributed by atoms with Crippen molar-refractivity contribution in [3.05, 3.63) is 258 Å². The summed E-state index contributed by atoms with van der Waals surface area (Å²) in [6, 6.07) is 77.0. The van der Waals surface area contributed by atoms with Gasteiger partial charge < -0.3 is 9.64 Å². The van der Waals surface area contributed by atoms with E-state index in [9.17, 15) is 0 Å². The Labute approximate surface area is 400 Å². The molecule has 4 aliphatic rings. The van der Waals surface area contributed by atoms with Crippen LogP contribution in [0.1, 0.15) is 84.2 Å². The summed E-state index contributed by atoms with van der Waals surface area (Å²) in [7, 11) is 0. The molecule has 68 heavy (non-hydrogen) atoms. The minimum Gasteiger partial charge on any atom is -0.485 e. The SMILES string of the molecule is CC1(c2ccccc2)c2ccccc2-c2c(-c3ccc(N(c4ccc(C5=CC=CC6Oc7ccccc7C56)cc4)c4ccccc4-c4cccc5cccc(C6CCCCC6)c45)cc3)cccc21. The molecule has 1 heterocycles. The Kier molecular flexibility index (Phi) is 9.89. The van der Waals surface area contributed by atoms with Crippen LogP contribution in [-0.2, 0) is 5.41 Å². The molecule has 1 aliphatic heterocycles. The van der Waals surface area contributed by atoms with Crippen molar-refractivity contribution in [1.29, 1.82) is 0 Å². The fraction of sp³-hybridized carbons (Fsp3) is 0.152. The smallest absolute Gasteiger partial charge is 0.128 e. The van der Waals surface area contributed by atoms with Crippen LogP contribution in [0.25, 0.3) is 49.7 Å². The number of rotatable bonds is 8. The highest BCUT2D eigenvalue weighted by atomic mass is 16.5. The molecule has 3 atom stereocenters. The lowest BCUT2D eigenvalue weighted by molar-refractivity contribution is 0.271. The van der Waals surface area contributed by atoms with Gasteiger partial charge in [-0.1, -0.05) is 201 Å². The average molecular weight is 876 g/mol. The molecule has 1 fully saturated rings. The Morgan fingerprint density at radius 1 is 0.500 bits per heavy atom. The largest absolute Gasteiger partial charge is 0.485 e. The number of benzene rings is 9. The van der Waals surface area contributed by atoms with Crippen molar-refractivity contribution in [2.24, 2.45) is 0 Å². The van der Waals surface area contributed by atoms with Gasteiger partial charge in [-0.2, -0.15) is 0 Å². The van der Waals surface area contributed by atoms with Crippen molar-refractivity contribution in [2.75, 3.05) is 4.90 Å². The van der Waals surface area contributed by atoms with E-state index in [0.717, 1.165) is 22.8 Å². The molecule has 0 N–H and O–H groups in total. The summed E-state index contributed by atoms with van der Waals surface area (Å²) in [6.45, 7) is 2.40. The summed E-state index contributed by atoms with van der Waals surface area (Å²) < 4.78 is 6.45. The molecule has 0 amide bonds. The van der Waals surface area contributed by atoms with Gasteiger partial charge in [0.1, 0.15) is 11.9 Å². The van der Waals surface area contributed by atoms with E-state index < -0.39 is 0 Å². The van der Waals surface area contributed by atoms with Crippen molar-refractivity contribution >= 4 is 33.4 Å². The van der Waals surface area contributed by atoms with Crippen molar-refractivity contribution in [2.45, 2.75) is 62.4 Å². The molecule has 9 aromatic rings. The first-order valence-corrected chi connectivity index (χ1v) is 24.7. The summed E-state index contributed by atoms with van der Waals surface area (Å²) in [5.74, 6) is 1.72. The fourth-order valence-electron chi connectivity index (χ4n) is 12.5. The molecule has 2 nitrogen and oxygen atoms in total. The van der Waals surface area contributed by atoms with E-state index in [1.807, 2.05) is 0 Å². The predicted octanol–water partition coefficient (Wildman–Crippen LogP) is 17.5. The van der Waals surface area contributed by atoms with Crippen LogP contribution in [0, 0.1) is 0 Å². The average Bonchev–Trinajstić information content (AvgIpc) is 3.93. The number of allylic oxidation sites excluding steroid dienone is 2. The summed E-state index contributed by atoms with van der Waals surface area (Å²) >= 11 is 0. The summed E-state index contributed by atoms with van der Waals surface area (Å²) in [5.41, 5.74) is 20.0. The molecular weight excluding hydrogens is 823 g/mol. The molecule has 0 saturated heterocycles. The third-order valence-corrected chi connectivity index (χ3v) is 15.8. The Hall–Kier alpha value is -7.68. The van der Waals surface area contributed by atoms with Gasteiger partial charge in [-0.3, -0.25) is 0 Å². The number of anilines is 3. The van der Waals surface area contributed by atoms with Gasteiger partial charge in [-0.25, -0.2) is 0 Å². The molecule has 0 radical (unpaired) electrons. The van der Waals surface area contributed by atoms with Gasteiger partial charge in [0.2, 0.25) is 0 Å². The van der Waals surface area contributed by atoms with E-state index in [2.05, 4.69) is 236 Å². The molecule has 3 unspecified atom stereocenters. The van der Waals surface area contributed by atoms with Crippen LogP contribution in [-0.4, -0.2) is 6.10 Å². The minimum atomic E-state index is -0.257. The van der Waals surface area contributed by atoms with Crippen LogP contribution in [0.4, 0.5) is 17.1 Å². The third kappa shape index (κ3) is 6.53. The lowest BCUT2D eigenvalue weighted by atomic mass is 9.74. The van der Waals surface area contributed by atoms with Gasteiger partial charge in [-0.05, 0) is 140 Å². The first-order valence-electron chi connectivity index (χ1n) is 24.7. The number of ether oxygens (including phenoxy) is 1. The first kappa shape index (κ1) is 40.6. The second-order valence-corrected chi connectivity index (χ2v) is 19.4. The Bertz CT molecular complexity index is 3420. The van der Waals surface area contributed by atoms with Crippen LogP contribution in [0.15, 0.2) is 224 Å². The molecule has 13 rings (SSSR count). The molecule has 2 heteroatoms. The van der Waals surface area contributed by atoms with E-state index >= 15 is 0 Å². The normalized spacial score (nSPS) is 19.1. The topological polar surface area (TPSA) is 12.5 Å². The fourth-order valence-corrected chi connectivity index (χ4v) is 12.5. The Morgan fingerprint density at radius 3 is 1.93 bits per heavy atom. The molecule has 1 saturated carbocycles. The van der Waals surface area contributed by atoms with Crippen molar-refractivity contribution in [3.63, 3.8) is 0 Å². The number of hydrogen-bond acceptors (Lipinski definition) is 2. The van der Waals surface area contributed by atoms with Gasteiger partial charge in [0.05, 0.1) is 11.6 Å².